The van der Waals surface area contributed by atoms with Gasteiger partial charge in [-0.3, -0.25) is 0 Å². The second-order valence-corrected chi connectivity index (χ2v) is 7.61. The maximum Gasteiger partial charge on any atom is 0.0772 e. The molecule has 0 radical (unpaired) electrons. The molecule has 2 N–H and O–H groups in total. The normalized spacial score (nSPS) is 29.4. The van der Waals surface area contributed by atoms with Gasteiger partial charge >= 0.3 is 0 Å². The molecule has 4 heteroatoms. The number of hydrogen-bond donors (Lipinski definition) is 2. The van der Waals surface area contributed by atoms with Gasteiger partial charge in [0.15, 0.2) is 0 Å². The van der Waals surface area contributed by atoms with E-state index >= 15 is 0 Å². The Kier molecular flexibility index (Phi) is 5.46. The van der Waals surface area contributed by atoms with Gasteiger partial charge in [-0.25, -0.2) is 0 Å². The summed E-state index contributed by atoms with van der Waals surface area (Å²) in [7, 11) is 0. The molecular formula is C15H24BrNOS. The number of halogens is 1. The Balaban J connectivity index is 1.83. The molecule has 2 nitrogen and oxygen atoms in total. The summed E-state index contributed by atoms with van der Waals surface area (Å²) >= 11 is 5.33. The minimum absolute atomic E-state index is 0.294. The Morgan fingerprint density at radius 1 is 1.53 bits per heavy atom. The summed E-state index contributed by atoms with van der Waals surface area (Å²) in [5, 5.41) is 16.2. The Morgan fingerprint density at radius 2 is 2.21 bits per heavy atom. The quantitative estimate of drug-likeness (QED) is 0.823. The van der Waals surface area contributed by atoms with Crippen LogP contribution < -0.4 is 5.32 Å². The van der Waals surface area contributed by atoms with Crippen molar-refractivity contribution in [2.75, 3.05) is 6.54 Å². The highest BCUT2D eigenvalue weighted by atomic mass is 79.9. The SMILES string of the molecule is CCC1CCC(O)(CNC(C)c2sccc2Br)CC1. The highest BCUT2D eigenvalue weighted by molar-refractivity contribution is 9.10. The van der Waals surface area contributed by atoms with E-state index in [4.69, 9.17) is 0 Å². The first-order chi connectivity index (χ1) is 9.04. The van der Waals surface area contributed by atoms with Crippen molar-refractivity contribution in [1.82, 2.24) is 5.32 Å². The molecule has 0 spiro atoms. The Hall–Kier alpha value is 0.100. The summed E-state index contributed by atoms with van der Waals surface area (Å²) in [6, 6.07) is 2.38. The molecule has 1 fully saturated rings. The second-order valence-electron chi connectivity index (χ2n) is 5.81. The number of thiophene rings is 1. The zero-order chi connectivity index (χ0) is 13.9. The van der Waals surface area contributed by atoms with E-state index in [1.807, 2.05) is 0 Å². The lowest BCUT2D eigenvalue weighted by molar-refractivity contribution is -0.0103. The van der Waals surface area contributed by atoms with Crippen LogP contribution in [-0.4, -0.2) is 17.3 Å². The van der Waals surface area contributed by atoms with Gasteiger partial charge in [-0.1, -0.05) is 13.3 Å². The van der Waals surface area contributed by atoms with Crippen LogP contribution in [-0.2, 0) is 0 Å². The van der Waals surface area contributed by atoms with Crippen LogP contribution in [0.15, 0.2) is 15.9 Å². The first kappa shape index (κ1) is 15.5. The molecule has 0 aliphatic heterocycles. The molecule has 0 amide bonds. The van der Waals surface area contributed by atoms with Gasteiger partial charge in [0.05, 0.1) is 5.60 Å². The lowest BCUT2D eigenvalue weighted by atomic mass is 9.78. The average Bonchev–Trinajstić information content (AvgIpc) is 2.83. The zero-order valence-electron chi connectivity index (χ0n) is 11.8. The largest absolute Gasteiger partial charge is 0.389 e. The van der Waals surface area contributed by atoms with E-state index in [9.17, 15) is 5.11 Å². The maximum atomic E-state index is 10.6. The van der Waals surface area contributed by atoms with Gasteiger partial charge in [0.25, 0.3) is 0 Å². The number of hydrogen-bond acceptors (Lipinski definition) is 3. The third kappa shape index (κ3) is 4.03. The maximum absolute atomic E-state index is 10.6. The summed E-state index contributed by atoms with van der Waals surface area (Å²) < 4.78 is 1.17. The van der Waals surface area contributed by atoms with E-state index in [0.717, 1.165) is 18.8 Å². The van der Waals surface area contributed by atoms with Gasteiger partial charge in [-0.15, -0.1) is 11.3 Å². The van der Waals surface area contributed by atoms with Crippen LogP contribution in [0.3, 0.4) is 0 Å². The van der Waals surface area contributed by atoms with Crippen LogP contribution in [0, 0.1) is 5.92 Å². The minimum Gasteiger partial charge on any atom is -0.389 e. The van der Waals surface area contributed by atoms with Crippen LogP contribution >= 0.6 is 27.3 Å². The lowest BCUT2D eigenvalue weighted by Crippen LogP contribution is -2.44. The number of rotatable bonds is 5. The fraction of sp³-hybridized carbons (Fsp3) is 0.733. The summed E-state index contributed by atoms with van der Waals surface area (Å²) in [6.07, 6.45) is 5.48. The van der Waals surface area contributed by atoms with Crippen LogP contribution in [0.25, 0.3) is 0 Å². The van der Waals surface area contributed by atoms with Gasteiger partial charge in [0.2, 0.25) is 0 Å². The molecule has 1 aliphatic carbocycles. The molecular weight excluding hydrogens is 322 g/mol. The van der Waals surface area contributed by atoms with Crippen molar-refractivity contribution in [1.29, 1.82) is 0 Å². The van der Waals surface area contributed by atoms with Crippen molar-refractivity contribution in [3.05, 3.63) is 20.8 Å². The summed E-state index contributed by atoms with van der Waals surface area (Å²) in [5.41, 5.74) is -0.496. The highest BCUT2D eigenvalue weighted by Gasteiger charge is 2.32. The third-order valence-electron chi connectivity index (χ3n) is 4.39. The van der Waals surface area contributed by atoms with E-state index < -0.39 is 5.60 Å². The molecule has 2 rings (SSSR count). The fourth-order valence-electron chi connectivity index (χ4n) is 2.85. The van der Waals surface area contributed by atoms with Crippen LogP contribution in [0.4, 0.5) is 0 Å². The van der Waals surface area contributed by atoms with Crippen LogP contribution in [0.2, 0.25) is 0 Å². The predicted molar refractivity (Wildman–Crippen MR) is 85.6 cm³/mol. The van der Waals surface area contributed by atoms with E-state index in [0.29, 0.717) is 12.6 Å². The molecule has 1 aromatic heterocycles. The third-order valence-corrected chi connectivity index (χ3v) is 6.44. The smallest absolute Gasteiger partial charge is 0.0772 e. The minimum atomic E-state index is -0.496. The topological polar surface area (TPSA) is 32.3 Å². The van der Waals surface area contributed by atoms with Crippen molar-refractivity contribution in [3.63, 3.8) is 0 Å². The Labute approximate surface area is 128 Å². The Morgan fingerprint density at radius 3 is 2.74 bits per heavy atom. The molecule has 1 aromatic rings. The standard InChI is InChI=1S/C15H24BrNOS/c1-3-12-4-7-15(18,8-5-12)10-17-11(2)14-13(16)6-9-19-14/h6,9,11-12,17-18H,3-5,7-8,10H2,1-2H3. The summed E-state index contributed by atoms with van der Waals surface area (Å²) in [6.45, 7) is 5.12. The van der Waals surface area contributed by atoms with E-state index in [-0.39, 0.29) is 0 Å². The van der Waals surface area contributed by atoms with E-state index in [1.54, 1.807) is 11.3 Å². The molecule has 1 atom stereocenters. The summed E-state index contributed by atoms with van der Waals surface area (Å²) in [4.78, 5) is 1.31. The van der Waals surface area contributed by atoms with Gasteiger partial charge < -0.3 is 10.4 Å². The highest BCUT2D eigenvalue weighted by Crippen LogP contribution is 2.34. The van der Waals surface area contributed by atoms with Crippen molar-refractivity contribution >= 4 is 27.3 Å². The molecule has 1 aliphatic rings. The molecule has 108 valence electrons. The average molecular weight is 346 g/mol. The fourth-order valence-corrected chi connectivity index (χ4v) is 4.60. The number of nitrogens with one attached hydrogen (secondary N) is 1. The molecule has 19 heavy (non-hydrogen) atoms. The van der Waals surface area contributed by atoms with Crippen molar-refractivity contribution in [2.45, 2.75) is 57.6 Å². The molecule has 0 saturated heterocycles. The number of aliphatic hydroxyl groups is 1. The van der Waals surface area contributed by atoms with Gasteiger partial charge in [-0.05, 0) is 65.9 Å². The predicted octanol–water partition coefficient (Wildman–Crippen LogP) is 4.49. The van der Waals surface area contributed by atoms with Crippen molar-refractivity contribution < 1.29 is 5.11 Å². The monoisotopic (exact) mass is 345 g/mol. The molecule has 0 bridgehead atoms. The van der Waals surface area contributed by atoms with Crippen LogP contribution in [0.5, 0.6) is 0 Å². The molecule has 1 heterocycles. The van der Waals surface area contributed by atoms with Crippen LogP contribution in [0.1, 0.15) is 56.9 Å². The molecule has 1 saturated carbocycles. The van der Waals surface area contributed by atoms with Crippen molar-refractivity contribution in [3.8, 4) is 0 Å². The molecule has 1 unspecified atom stereocenters. The van der Waals surface area contributed by atoms with Gasteiger partial charge in [-0.2, -0.15) is 0 Å². The molecule has 0 aromatic carbocycles. The van der Waals surface area contributed by atoms with E-state index in [1.165, 1.54) is 28.6 Å². The summed E-state index contributed by atoms with van der Waals surface area (Å²) in [5.74, 6) is 0.823. The van der Waals surface area contributed by atoms with E-state index in [2.05, 4.69) is 46.5 Å². The first-order valence-corrected chi connectivity index (χ1v) is 8.90. The second kappa shape index (κ2) is 6.70. The van der Waals surface area contributed by atoms with Gasteiger partial charge in [0.1, 0.15) is 0 Å². The van der Waals surface area contributed by atoms with Crippen molar-refractivity contribution in [2.24, 2.45) is 5.92 Å². The lowest BCUT2D eigenvalue weighted by Gasteiger charge is -2.36. The zero-order valence-corrected chi connectivity index (χ0v) is 14.2. The first-order valence-electron chi connectivity index (χ1n) is 7.23. The van der Waals surface area contributed by atoms with Gasteiger partial charge in [0, 0.05) is 21.9 Å². The Bertz CT molecular complexity index is 399.